The van der Waals surface area contributed by atoms with E-state index in [0.29, 0.717) is 12.6 Å². The first kappa shape index (κ1) is 17.7. The largest absolute Gasteiger partial charge is 0.337 e. The molecule has 1 aromatic carbocycles. The standard InChI is InChI=1S/C20H25N5O2/c26-19(22-17-7-3-4-8-18(17)24-10-9-21-15-24)13-23-11-12-25(20(27)14-23)16-5-1-2-6-16/h3-4,7-10,15-16H,1-2,5-6,11-14H2,(H,22,26). The van der Waals surface area contributed by atoms with Crippen LogP contribution in [-0.2, 0) is 9.59 Å². The molecule has 0 bridgehead atoms. The van der Waals surface area contributed by atoms with Gasteiger partial charge in [-0.25, -0.2) is 4.98 Å². The van der Waals surface area contributed by atoms with E-state index in [4.69, 9.17) is 0 Å². The Morgan fingerprint density at radius 3 is 2.74 bits per heavy atom. The van der Waals surface area contributed by atoms with Crippen molar-refractivity contribution in [2.45, 2.75) is 31.7 Å². The van der Waals surface area contributed by atoms with Gasteiger partial charge in [-0.15, -0.1) is 0 Å². The Balaban J connectivity index is 1.35. The summed E-state index contributed by atoms with van der Waals surface area (Å²) in [6.07, 6.45) is 9.92. The van der Waals surface area contributed by atoms with Gasteiger partial charge in [0.1, 0.15) is 0 Å². The van der Waals surface area contributed by atoms with Crippen LogP contribution in [-0.4, -0.2) is 63.4 Å². The van der Waals surface area contributed by atoms with Gasteiger partial charge >= 0.3 is 0 Å². The van der Waals surface area contributed by atoms with Crippen molar-refractivity contribution in [3.63, 3.8) is 0 Å². The lowest BCUT2D eigenvalue weighted by Crippen LogP contribution is -2.54. The molecule has 2 fully saturated rings. The molecule has 2 aliphatic rings. The van der Waals surface area contributed by atoms with Gasteiger partial charge in [-0.2, -0.15) is 0 Å². The Kier molecular flexibility index (Phi) is 5.20. The van der Waals surface area contributed by atoms with Crippen molar-refractivity contribution < 1.29 is 9.59 Å². The number of carbonyl (C=O) groups is 2. The summed E-state index contributed by atoms with van der Waals surface area (Å²) >= 11 is 0. The SMILES string of the molecule is O=C(CN1CCN(C2CCCC2)C(=O)C1)Nc1ccccc1-n1ccnc1. The topological polar surface area (TPSA) is 70.5 Å². The highest BCUT2D eigenvalue weighted by Crippen LogP contribution is 2.25. The molecule has 7 heteroatoms. The first-order valence-electron chi connectivity index (χ1n) is 9.60. The van der Waals surface area contributed by atoms with Crippen molar-refractivity contribution in [3.05, 3.63) is 43.0 Å². The zero-order chi connectivity index (χ0) is 18.6. The molecule has 1 N–H and O–H groups in total. The van der Waals surface area contributed by atoms with E-state index < -0.39 is 0 Å². The Morgan fingerprint density at radius 1 is 1.19 bits per heavy atom. The fraction of sp³-hybridized carbons (Fsp3) is 0.450. The number of nitrogens with one attached hydrogen (secondary N) is 1. The van der Waals surface area contributed by atoms with Gasteiger partial charge in [-0.3, -0.25) is 14.5 Å². The molecule has 27 heavy (non-hydrogen) atoms. The van der Waals surface area contributed by atoms with Crippen LogP contribution in [0.15, 0.2) is 43.0 Å². The lowest BCUT2D eigenvalue weighted by molar-refractivity contribution is -0.139. The van der Waals surface area contributed by atoms with E-state index in [-0.39, 0.29) is 18.4 Å². The second-order valence-electron chi connectivity index (χ2n) is 7.27. The molecule has 0 unspecified atom stereocenters. The Morgan fingerprint density at radius 2 is 2.00 bits per heavy atom. The van der Waals surface area contributed by atoms with Crippen molar-refractivity contribution in [3.8, 4) is 5.69 Å². The third-order valence-corrected chi connectivity index (χ3v) is 5.43. The molecule has 4 rings (SSSR count). The number of piperazine rings is 1. The lowest BCUT2D eigenvalue weighted by Gasteiger charge is -2.37. The molecule has 2 aromatic rings. The molecule has 142 valence electrons. The van der Waals surface area contributed by atoms with Gasteiger partial charge < -0.3 is 14.8 Å². The molecule has 2 heterocycles. The summed E-state index contributed by atoms with van der Waals surface area (Å²) in [5.41, 5.74) is 1.60. The van der Waals surface area contributed by atoms with Gasteiger partial charge in [-0.05, 0) is 25.0 Å². The molecule has 2 amide bonds. The molecule has 1 saturated heterocycles. The van der Waals surface area contributed by atoms with E-state index >= 15 is 0 Å². The van der Waals surface area contributed by atoms with Crippen LogP contribution in [0.4, 0.5) is 5.69 Å². The number of para-hydroxylation sites is 2. The van der Waals surface area contributed by atoms with Gasteiger partial charge in [0, 0.05) is 31.5 Å². The predicted octanol–water partition coefficient (Wildman–Crippen LogP) is 1.90. The molecular formula is C20H25N5O2. The van der Waals surface area contributed by atoms with Crippen molar-refractivity contribution in [1.82, 2.24) is 19.4 Å². The molecule has 1 saturated carbocycles. The number of amides is 2. The van der Waals surface area contributed by atoms with Crippen LogP contribution in [0.3, 0.4) is 0 Å². The third kappa shape index (κ3) is 4.03. The first-order valence-corrected chi connectivity index (χ1v) is 9.60. The van der Waals surface area contributed by atoms with E-state index in [9.17, 15) is 9.59 Å². The summed E-state index contributed by atoms with van der Waals surface area (Å²) in [6.45, 7) is 2.02. The van der Waals surface area contributed by atoms with Gasteiger partial charge in [0.05, 0.1) is 30.8 Å². The van der Waals surface area contributed by atoms with Crippen LogP contribution in [0.1, 0.15) is 25.7 Å². The summed E-state index contributed by atoms with van der Waals surface area (Å²) in [6, 6.07) is 8.03. The summed E-state index contributed by atoms with van der Waals surface area (Å²) in [5, 5.41) is 2.97. The average molecular weight is 367 g/mol. The zero-order valence-corrected chi connectivity index (χ0v) is 15.4. The summed E-state index contributed by atoms with van der Waals surface area (Å²) in [4.78, 5) is 33.0. The van der Waals surface area contributed by atoms with Crippen molar-refractivity contribution in [1.29, 1.82) is 0 Å². The molecule has 1 aliphatic heterocycles. The lowest BCUT2D eigenvalue weighted by atomic mass is 10.1. The molecule has 1 aliphatic carbocycles. The molecule has 0 spiro atoms. The maximum absolute atomic E-state index is 12.5. The smallest absolute Gasteiger partial charge is 0.238 e. The number of rotatable bonds is 5. The molecular weight excluding hydrogens is 342 g/mol. The summed E-state index contributed by atoms with van der Waals surface area (Å²) in [5.74, 6) is 0.0458. The number of benzene rings is 1. The number of carbonyl (C=O) groups excluding carboxylic acids is 2. The number of imidazole rings is 1. The van der Waals surface area contributed by atoms with E-state index in [2.05, 4.69) is 10.3 Å². The number of hydrogen-bond acceptors (Lipinski definition) is 4. The third-order valence-electron chi connectivity index (χ3n) is 5.43. The van der Waals surface area contributed by atoms with Gasteiger partial charge in [0.15, 0.2) is 0 Å². The minimum atomic E-state index is -0.107. The van der Waals surface area contributed by atoms with Crippen molar-refractivity contribution >= 4 is 17.5 Å². The Hall–Kier alpha value is -2.67. The quantitative estimate of drug-likeness (QED) is 0.876. The van der Waals surface area contributed by atoms with E-state index in [1.807, 2.05) is 44.8 Å². The van der Waals surface area contributed by atoms with E-state index in [0.717, 1.165) is 37.3 Å². The van der Waals surface area contributed by atoms with Gasteiger partial charge in [0.2, 0.25) is 11.8 Å². The molecule has 0 atom stereocenters. The highest BCUT2D eigenvalue weighted by atomic mass is 16.2. The van der Waals surface area contributed by atoms with Gasteiger partial charge in [0.25, 0.3) is 0 Å². The van der Waals surface area contributed by atoms with Crippen LogP contribution in [0, 0.1) is 0 Å². The number of anilines is 1. The second-order valence-corrected chi connectivity index (χ2v) is 7.27. The van der Waals surface area contributed by atoms with Crippen LogP contribution >= 0.6 is 0 Å². The first-order chi connectivity index (χ1) is 13.2. The van der Waals surface area contributed by atoms with Crippen molar-refractivity contribution in [2.24, 2.45) is 0 Å². The van der Waals surface area contributed by atoms with E-state index in [1.165, 1.54) is 12.8 Å². The van der Waals surface area contributed by atoms with Crippen LogP contribution in [0.5, 0.6) is 0 Å². The van der Waals surface area contributed by atoms with Crippen LogP contribution in [0.2, 0.25) is 0 Å². The monoisotopic (exact) mass is 367 g/mol. The number of aromatic nitrogens is 2. The molecule has 0 radical (unpaired) electrons. The fourth-order valence-corrected chi connectivity index (χ4v) is 4.07. The highest BCUT2D eigenvalue weighted by molar-refractivity contribution is 5.94. The second kappa shape index (κ2) is 7.92. The van der Waals surface area contributed by atoms with Crippen LogP contribution in [0.25, 0.3) is 5.69 Å². The van der Waals surface area contributed by atoms with E-state index in [1.54, 1.807) is 12.5 Å². The molecule has 7 nitrogen and oxygen atoms in total. The Labute approximate surface area is 159 Å². The number of hydrogen-bond donors (Lipinski definition) is 1. The predicted molar refractivity (Wildman–Crippen MR) is 103 cm³/mol. The van der Waals surface area contributed by atoms with Crippen LogP contribution < -0.4 is 5.32 Å². The average Bonchev–Trinajstić information content (AvgIpc) is 3.36. The normalized spacial score (nSPS) is 18.8. The minimum absolute atomic E-state index is 0.107. The zero-order valence-electron chi connectivity index (χ0n) is 15.4. The fourth-order valence-electron chi connectivity index (χ4n) is 4.07. The summed E-state index contributed by atoms with van der Waals surface area (Å²) in [7, 11) is 0. The minimum Gasteiger partial charge on any atom is -0.337 e. The van der Waals surface area contributed by atoms with Crippen molar-refractivity contribution in [2.75, 3.05) is 31.5 Å². The molecule has 1 aromatic heterocycles. The Bertz CT molecular complexity index is 798. The van der Waals surface area contributed by atoms with Gasteiger partial charge in [-0.1, -0.05) is 25.0 Å². The summed E-state index contributed by atoms with van der Waals surface area (Å²) < 4.78 is 1.86. The highest BCUT2D eigenvalue weighted by Gasteiger charge is 2.31. The maximum Gasteiger partial charge on any atom is 0.238 e. The maximum atomic E-state index is 12.5. The number of nitrogens with zero attached hydrogens (tertiary/aromatic N) is 4.